The molecule has 1 aliphatic rings. The van der Waals surface area contributed by atoms with Gasteiger partial charge in [-0.25, -0.2) is 4.79 Å². The molecular weight excluding hydrogens is 154 g/mol. The van der Waals surface area contributed by atoms with Gasteiger partial charge in [0.05, 0.1) is 6.04 Å². The van der Waals surface area contributed by atoms with Gasteiger partial charge in [-0.2, -0.15) is 0 Å². The Bertz CT molecular complexity index is 159. The maximum Gasteiger partial charge on any atom is 0.407 e. The van der Waals surface area contributed by atoms with Crippen molar-refractivity contribution in [3.63, 3.8) is 0 Å². The molecule has 2 atom stereocenters. The van der Waals surface area contributed by atoms with E-state index in [1.807, 2.05) is 0 Å². The number of nitrogens with one attached hydrogen (secondary N) is 1. The summed E-state index contributed by atoms with van der Waals surface area (Å²) in [6.07, 6.45) is -0.232. The molecule has 0 spiro atoms. The van der Waals surface area contributed by atoms with Crippen molar-refractivity contribution >= 4 is 6.09 Å². The fourth-order valence-corrected chi connectivity index (χ4v) is 1.55. The van der Waals surface area contributed by atoms with Crippen molar-refractivity contribution in [3.8, 4) is 0 Å². The molecule has 0 radical (unpaired) electrons. The van der Waals surface area contributed by atoms with Crippen LogP contribution in [-0.2, 0) is 4.74 Å². The Morgan fingerprint density at radius 3 is 2.17 bits per heavy atom. The van der Waals surface area contributed by atoms with Crippen molar-refractivity contribution in [1.82, 2.24) is 5.32 Å². The fraction of sp³-hybridized carbons (Fsp3) is 0.889. The summed E-state index contributed by atoms with van der Waals surface area (Å²) < 4.78 is 5.15. The minimum Gasteiger partial charge on any atom is -0.444 e. The average molecular weight is 171 g/mol. The van der Waals surface area contributed by atoms with Gasteiger partial charge in [0.2, 0.25) is 0 Å². The minimum atomic E-state index is -0.271. The van der Waals surface area contributed by atoms with E-state index < -0.39 is 0 Å². The average Bonchev–Trinajstić information content (AvgIpc) is 2.31. The van der Waals surface area contributed by atoms with E-state index >= 15 is 0 Å². The van der Waals surface area contributed by atoms with Gasteiger partial charge in [0, 0.05) is 0 Å². The molecule has 0 unspecified atom stereocenters. The first-order valence-corrected chi connectivity index (χ1v) is 4.49. The smallest absolute Gasteiger partial charge is 0.407 e. The zero-order valence-electron chi connectivity index (χ0n) is 8.13. The zero-order valence-corrected chi connectivity index (χ0v) is 8.13. The third kappa shape index (κ3) is 1.71. The lowest BCUT2D eigenvalue weighted by Gasteiger charge is -2.22. The van der Waals surface area contributed by atoms with Crippen LogP contribution in [0.15, 0.2) is 0 Å². The van der Waals surface area contributed by atoms with E-state index in [0.29, 0.717) is 11.8 Å². The molecule has 0 aromatic rings. The van der Waals surface area contributed by atoms with Crippen molar-refractivity contribution in [2.24, 2.45) is 11.8 Å². The molecule has 0 aliphatic carbocycles. The summed E-state index contributed by atoms with van der Waals surface area (Å²) in [4.78, 5) is 10.9. The summed E-state index contributed by atoms with van der Waals surface area (Å²) in [7, 11) is 0. The third-order valence-corrected chi connectivity index (χ3v) is 2.26. The van der Waals surface area contributed by atoms with Crippen LogP contribution >= 0.6 is 0 Å². The predicted molar refractivity (Wildman–Crippen MR) is 46.9 cm³/mol. The van der Waals surface area contributed by atoms with E-state index in [0.717, 1.165) is 0 Å². The monoisotopic (exact) mass is 171 g/mol. The first-order chi connectivity index (χ1) is 5.52. The Labute approximate surface area is 73.5 Å². The highest BCUT2D eigenvalue weighted by molar-refractivity contribution is 5.70. The Morgan fingerprint density at radius 2 is 1.83 bits per heavy atom. The highest BCUT2D eigenvalue weighted by Gasteiger charge is 2.37. The number of carbonyl (C=O) groups is 1. The van der Waals surface area contributed by atoms with E-state index in [2.05, 4.69) is 33.0 Å². The first-order valence-electron chi connectivity index (χ1n) is 4.49. The van der Waals surface area contributed by atoms with E-state index in [9.17, 15) is 4.79 Å². The second kappa shape index (κ2) is 3.33. The fourth-order valence-electron chi connectivity index (χ4n) is 1.55. The SMILES string of the molecule is CC(C)[C@H]1NC(=O)O[C@@H]1C(C)C. The van der Waals surface area contributed by atoms with Crippen LogP contribution in [0.4, 0.5) is 4.79 Å². The molecule has 1 amide bonds. The van der Waals surface area contributed by atoms with E-state index in [4.69, 9.17) is 4.74 Å². The van der Waals surface area contributed by atoms with Crippen LogP contribution in [0.3, 0.4) is 0 Å². The number of alkyl carbamates (subject to hydrolysis) is 1. The number of hydrogen-bond donors (Lipinski definition) is 1. The van der Waals surface area contributed by atoms with Crippen LogP contribution in [-0.4, -0.2) is 18.2 Å². The van der Waals surface area contributed by atoms with Gasteiger partial charge in [0.15, 0.2) is 0 Å². The maximum absolute atomic E-state index is 10.9. The molecule has 1 fully saturated rings. The zero-order chi connectivity index (χ0) is 9.30. The summed E-state index contributed by atoms with van der Waals surface area (Å²) >= 11 is 0. The van der Waals surface area contributed by atoms with Gasteiger partial charge >= 0.3 is 6.09 Å². The van der Waals surface area contributed by atoms with Gasteiger partial charge in [-0.3, -0.25) is 0 Å². The van der Waals surface area contributed by atoms with Crippen LogP contribution in [0.1, 0.15) is 27.7 Å². The second-order valence-corrected chi connectivity index (χ2v) is 4.03. The normalized spacial score (nSPS) is 29.3. The summed E-state index contributed by atoms with van der Waals surface area (Å²) in [6.45, 7) is 8.32. The molecule has 0 aromatic carbocycles. The lowest BCUT2D eigenvalue weighted by molar-refractivity contribution is 0.0942. The molecule has 70 valence electrons. The molecule has 1 N–H and O–H groups in total. The molecule has 0 aromatic heterocycles. The summed E-state index contributed by atoms with van der Waals surface area (Å²) in [5.74, 6) is 0.820. The van der Waals surface area contributed by atoms with Crippen molar-refractivity contribution in [1.29, 1.82) is 0 Å². The van der Waals surface area contributed by atoms with Gasteiger partial charge in [0.1, 0.15) is 6.10 Å². The standard InChI is InChI=1S/C9H17NO2/c1-5(2)7-8(6(3)4)12-9(11)10-7/h5-8H,1-4H3,(H,10,11)/t7-,8-/m1/s1. The quantitative estimate of drug-likeness (QED) is 0.687. The minimum absolute atomic E-state index is 0.0394. The Kier molecular flexibility index (Phi) is 2.60. The van der Waals surface area contributed by atoms with Gasteiger partial charge in [-0.05, 0) is 11.8 Å². The van der Waals surface area contributed by atoms with Crippen molar-refractivity contribution in [3.05, 3.63) is 0 Å². The Balaban J connectivity index is 2.65. The Hall–Kier alpha value is -0.730. The lowest BCUT2D eigenvalue weighted by Crippen LogP contribution is -2.38. The number of amides is 1. The van der Waals surface area contributed by atoms with Crippen molar-refractivity contribution < 1.29 is 9.53 Å². The number of ether oxygens (including phenoxy) is 1. The molecule has 0 saturated carbocycles. The molecule has 1 rings (SSSR count). The number of cyclic esters (lactones) is 1. The van der Waals surface area contributed by atoms with Crippen molar-refractivity contribution in [2.45, 2.75) is 39.8 Å². The molecule has 1 saturated heterocycles. The first kappa shape index (κ1) is 9.36. The number of carbonyl (C=O) groups excluding carboxylic acids is 1. The van der Waals surface area contributed by atoms with Gasteiger partial charge in [-0.1, -0.05) is 27.7 Å². The van der Waals surface area contributed by atoms with Gasteiger partial charge in [-0.15, -0.1) is 0 Å². The van der Waals surface area contributed by atoms with E-state index in [-0.39, 0.29) is 18.2 Å². The molecular formula is C9H17NO2. The number of rotatable bonds is 2. The van der Waals surface area contributed by atoms with Crippen LogP contribution < -0.4 is 5.32 Å². The highest BCUT2D eigenvalue weighted by atomic mass is 16.6. The summed E-state index contributed by atoms with van der Waals surface area (Å²) in [6, 6.07) is 0.178. The molecule has 3 heteroatoms. The molecule has 1 heterocycles. The predicted octanol–water partition coefficient (Wildman–Crippen LogP) is 1.78. The van der Waals surface area contributed by atoms with E-state index in [1.54, 1.807) is 0 Å². The lowest BCUT2D eigenvalue weighted by atomic mass is 9.92. The van der Waals surface area contributed by atoms with Crippen LogP contribution in [0, 0.1) is 11.8 Å². The highest BCUT2D eigenvalue weighted by Crippen LogP contribution is 2.22. The summed E-state index contributed by atoms with van der Waals surface area (Å²) in [5, 5.41) is 2.82. The van der Waals surface area contributed by atoms with E-state index in [1.165, 1.54) is 0 Å². The summed E-state index contributed by atoms with van der Waals surface area (Å²) in [5.41, 5.74) is 0. The van der Waals surface area contributed by atoms with Crippen molar-refractivity contribution in [2.75, 3.05) is 0 Å². The number of hydrogen-bond acceptors (Lipinski definition) is 2. The second-order valence-electron chi connectivity index (χ2n) is 4.03. The van der Waals surface area contributed by atoms with Gasteiger partial charge in [0.25, 0.3) is 0 Å². The van der Waals surface area contributed by atoms with Gasteiger partial charge < -0.3 is 10.1 Å². The molecule has 3 nitrogen and oxygen atoms in total. The molecule has 1 aliphatic heterocycles. The topological polar surface area (TPSA) is 38.3 Å². The Morgan fingerprint density at radius 1 is 1.25 bits per heavy atom. The molecule has 12 heavy (non-hydrogen) atoms. The van der Waals surface area contributed by atoms with Crippen LogP contribution in [0.2, 0.25) is 0 Å². The van der Waals surface area contributed by atoms with Crippen LogP contribution in [0.5, 0.6) is 0 Å². The van der Waals surface area contributed by atoms with Crippen LogP contribution in [0.25, 0.3) is 0 Å². The third-order valence-electron chi connectivity index (χ3n) is 2.26. The maximum atomic E-state index is 10.9. The largest absolute Gasteiger partial charge is 0.444 e. The molecule has 0 bridgehead atoms.